The van der Waals surface area contributed by atoms with Crippen molar-refractivity contribution in [3.05, 3.63) is 29.3 Å². The van der Waals surface area contributed by atoms with Crippen LogP contribution in [0, 0.1) is 5.92 Å². The summed E-state index contributed by atoms with van der Waals surface area (Å²) < 4.78 is 1.25. The largest absolute Gasteiger partial charge is 0.393 e. The summed E-state index contributed by atoms with van der Waals surface area (Å²) in [6.45, 7) is 1.71. The van der Waals surface area contributed by atoms with E-state index in [1.165, 1.54) is 4.70 Å². The van der Waals surface area contributed by atoms with Gasteiger partial charge in [0.1, 0.15) is 5.01 Å². The Balaban J connectivity index is 1.56. The zero-order valence-corrected chi connectivity index (χ0v) is 11.1. The fourth-order valence-corrected chi connectivity index (χ4v) is 3.55. The van der Waals surface area contributed by atoms with Crippen LogP contribution in [0.2, 0.25) is 0 Å². The predicted octanol–water partition coefficient (Wildman–Crippen LogP) is 2.55. The van der Waals surface area contributed by atoms with E-state index in [9.17, 15) is 5.11 Å². The van der Waals surface area contributed by atoms with E-state index < -0.39 is 0 Å². The molecule has 0 bridgehead atoms. The van der Waals surface area contributed by atoms with Gasteiger partial charge in [0.2, 0.25) is 0 Å². The maximum atomic E-state index is 9.75. The SMILES string of the molecule is OC1CCCC1CNCc1nc2ccccc2s1. The Labute approximate surface area is 111 Å². The van der Waals surface area contributed by atoms with Crippen LogP contribution in [-0.4, -0.2) is 22.7 Å². The maximum Gasteiger partial charge on any atom is 0.108 e. The van der Waals surface area contributed by atoms with Gasteiger partial charge in [0.05, 0.1) is 16.3 Å². The van der Waals surface area contributed by atoms with Gasteiger partial charge >= 0.3 is 0 Å². The second-order valence-corrected chi connectivity index (χ2v) is 6.08. The van der Waals surface area contributed by atoms with Crippen LogP contribution in [0.1, 0.15) is 24.3 Å². The molecule has 0 saturated heterocycles. The topological polar surface area (TPSA) is 45.1 Å². The third-order valence-corrected chi connectivity index (χ3v) is 4.68. The maximum absolute atomic E-state index is 9.75. The van der Waals surface area contributed by atoms with Gasteiger partial charge < -0.3 is 10.4 Å². The van der Waals surface area contributed by atoms with Crippen LogP contribution in [0.15, 0.2) is 24.3 Å². The summed E-state index contributed by atoms with van der Waals surface area (Å²) in [6.07, 6.45) is 3.17. The third kappa shape index (κ3) is 2.55. The van der Waals surface area contributed by atoms with Gasteiger partial charge in [0.25, 0.3) is 0 Å². The number of aliphatic hydroxyl groups excluding tert-OH is 1. The number of aliphatic hydroxyl groups is 1. The lowest BCUT2D eigenvalue weighted by Crippen LogP contribution is -2.27. The summed E-state index contributed by atoms with van der Waals surface area (Å²) in [5.74, 6) is 0.430. The molecule has 2 aromatic rings. The zero-order chi connectivity index (χ0) is 12.4. The van der Waals surface area contributed by atoms with Crippen LogP contribution in [-0.2, 0) is 6.54 Å². The van der Waals surface area contributed by atoms with E-state index in [2.05, 4.69) is 22.4 Å². The van der Waals surface area contributed by atoms with E-state index in [0.29, 0.717) is 5.92 Å². The van der Waals surface area contributed by atoms with Crippen LogP contribution in [0.25, 0.3) is 10.2 Å². The zero-order valence-electron chi connectivity index (χ0n) is 10.3. The number of nitrogens with zero attached hydrogens (tertiary/aromatic N) is 1. The Kier molecular flexibility index (Phi) is 3.59. The second kappa shape index (κ2) is 5.34. The van der Waals surface area contributed by atoms with E-state index in [1.807, 2.05) is 12.1 Å². The fraction of sp³-hybridized carbons (Fsp3) is 0.500. The van der Waals surface area contributed by atoms with Crippen LogP contribution >= 0.6 is 11.3 Å². The molecule has 4 heteroatoms. The molecule has 1 aliphatic carbocycles. The Morgan fingerprint density at radius 3 is 3.00 bits per heavy atom. The van der Waals surface area contributed by atoms with Gasteiger partial charge in [-0.2, -0.15) is 0 Å². The first kappa shape index (κ1) is 12.1. The van der Waals surface area contributed by atoms with E-state index in [0.717, 1.165) is 42.9 Å². The number of nitrogens with one attached hydrogen (secondary N) is 1. The lowest BCUT2D eigenvalue weighted by atomic mass is 10.1. The smallest absolute Gasteiger partial charge is 0.108 e. The highest BCUT2D eigenvalue weighted by Crippen LogP contribution is 2.25. The molecule has 1 aromatic heterocycles. The van der Waals surface area contributed by atoms with Crippen molar-refractivity contribution in [1.29, 1.82) is 0 Å². The van der Waals surface area contributed by atoms with Gasteiger partial charge in [-0.3, -0.25) is 0 Å². The molecule has 0 aliphatic heterocycles. The van der Waals surface area contributed by atoms with Crippen molar-refractivity contribution >= 4 is 21.6 Å². The van der Waals surface area contributed by atoms with Gasteiger partial charge in [-0.05, 0) is 30.9 Å². The highest BCUT2D eigenvalue weighted by atomic mass is 32.1. The molecule has 1 aromatic carbocycles. The molecule has 2 atom stereocenters. The van der Waals surface area contributed by atoms with E-state index >= 15 is 0 Å². The Morgan fingerprint density at radius 1 is 1.33 bits per heavy atom. The molecule has 18 heavy (non-hydrogen) atoms. The van der Waals surface area contributed by atoms with Crippen molar-refractivity contribution in [2.75, 3.05) is 6.54 Å². The van der Waals surface area contributed by atoms with Crippen molar-refractivity contribution in [2.45, 2.75) is 31.9 Å². The van der Waals surface area contributed by atoms with Gasteiger partial charge in [-0.1, -0.05) is 18.6 Å². The number of rotatable bonds is 4. The van der Waals surface area contributed by atoms with Crippen molar-refractivity contribution < 1.29 is 5.11 Å². The van der Waals surface area contributed by atoms with Gasteiger partial charge in [0.15, 0.2) is 0 Å². The number of aromatic nitrogens is 1. The highest BCUT2D eigenvalue weighted by molar-refractivity contribution is 7.18. The summed E-state index contributed by atoms with van der Waals surface area (Å²) in [4.78, 5) is 4.59. The summed E-state index contributed by atoms with van der Waals surface area (Å²) >= 11 is 1.74. The molecule has 1 aliphatic rings. The van der Waals surface area contributed by atoms with Crippen LogP contribution in [0.3, 0.4) is 0 Å². The number of para-hydroxylation sites is 1. The Hall–Kier alpha value is -0.970. The standard InChI is InChI=1S/C14H18N2OS/c17-12-6-3-4-10(12)8-15-9-14-16-11-5-1-2-7-13(11)18-14/h1-2,5,7,10,12,15,17H,3-4,6,8-9H2. The van der Waals surface area contributed by atoms with Crippen molar-refractivity contribution in [1.82, 2.24) is 10.3 Å². The van der Waals surface area contributed by atoms with Gasteiger partial charge in [-0.15, -0.1) is 11.3 Å². The lowest BCUT2D eigenvalue weighted by Gasteiger charge is -2.14. The summed E-state index contributed by atoms with van der Waals surface area (Å²) in [7, 11) is 0. The highest BCUT2D eigenvalue weighted by Gasteiger charge is 2.24. The summed E-state index contributed by atoms with van der Waals surface area (Å²) in [5, 5.41) is 14.3. The first-order valence-corrected chi connectivity index (χ1v) is 7.38. The van der Waals surface area contributed by atoms with E-state index in [-0.39, 0.29) is 6.10 Å². The van der Waals surface area contributed by atoms with Gasteiger partial charge in [0, 0.05) is 13.1 Å². The minimum atomic E-state index is -0.104. The fourth-order valence-electron chi connectivity index (χ4n) is 2.62. The van der Waals surface area contributed by atoms with Crippen molar-refractivity contribution in [2.24, 2.45) is 5.92 Å². The Morgan fingerprint density at radius 2 is 2.22 bits per heavy atom. The summed E-state index contributed by atoms with van der Waals surface area (Å²) in [5.41, 5.74) is 1.08. The number of thiazole rings is 1. The molecule has 0 amide bonds. The lowest BCUT2D eigenvalue weighted by molar-refractivity contribution is 0.131. The molecular formula is C14H18N2OS. The quantitative estimate of drug-likeness (QED) is 0.890. The first-order chi connectivity index (χ1) is 8.83. The first-order valence-electron chi connectivity index (χ1n) is 6.56. The molecule has 1 heterocycles. The monoisotopic (exact) mass is 262 g/mol. The average Bonchev–Trinajstić information content (AvgIpc) is 2.96. The van der Waals surface area contributed by atoms with E-state index in [1.54, 1.807) is 11.3 Å². The Bertz CT molecular complexity index is 492. The minimum absolute atomic E-state index is 0.104. The molecule has 2 N–H and O–H groups in total. The molecule has 96 valence electrons. The van der Waals surface area contributed by atoms with Crippen molar-refractivity contribution in [3.63, 3.8) is 0 Å². The molecule has 0 spiro atoms. The molecule has 0 radical (unpaired) electrons. The minimum Gasteiger partial charge on any atom is -0.393 e. The second-order valence-electron chi connectivity index (χ2n) is 4.96. The molecule has 2 unspecified atom stereocenters. The number of benzene rings is 1. The third-order valence-electron chi connectivity index (χ3n) is 3.64. The molecule has 1 fully saturated rings. The van der Waals surface area contributed by atoms with Gasteiger partial charge in [-0.25, -0.2) is 4.98 Å². The van der Waals surface area contributed by atoms with Crippen LogP contribution < -0.4 is 5.32 Å². The molecule has 1 saturated carbocycles. The van der Waals surface area contributed by atoms with Crippen molar-refractivity contribution in [3.8, 4) is 0 Å². The normalized spacial score (nSPS) is 23.8. The number of fused-ring (bicyclic) bond motifs is 1. The average molecular weight is 262 g/mol. The van der Waals surface area contributed by atoms with Crippen LogP contribution in [0.5, 0.6) is 0 Å². The van der Waals surface area contributed by atoms with E-state index in [4.69, 9.17) is 0 Å². The number of hydrogen-bond donors (Lipinski definition) is 2. The molecular weight excluding hydrogens is 244 g/mol. The van der Waals surface area contributed by atoms with Crippen LogP contribution in [0.4, 0.5) is 0 Å². The molecule has 3 rings (SSSR count). The summed E-state index contributed by atoms with van der Waals surface area (Å²) in [6, 6.07) is 8.23. The predicted molar refractivity (Wildman–Crippen MR) is 74.7 cm³/mol. The molecule has 3 nitrogen and oxygen atoms in total. The number of hydrogen-bond acceptors (Lipinski definition) is 4.